The summed E-state index contributed by atoms with van der Waals surface area (Å²) in [5, 5.41) is 0. The number of carbonyl (C=O) groups is 1. The predicted molar refractivity (Wildman–Crippen MR) is 95.9 cm³/mol. The molecule has 0 fully saturated rings. The first kappa shape index (κ1) is 18.7. The zero-order valence-electron chi connectivity index (χ0n) is 14.2. The molecule has 0 aliphatic carbocycles. The van der Waals surface area contributed by atoms with Crippen LogP contribution in [0.15, 0.2) is 41.4 Å². The monoisotopic (exact) mass is 363 g/mol. The number of hydrogen-bond acceptors (Lipinski definition) is 6. The quantitative estimate of drug-likeness (QED) is 0.731. The van der Waals surface area contributed by atoms with Gasteiger partial charge in [-0.2, -0.15) is 0 Å². The maximum absolute atomic E-state index is 12.5. The molecule has 0 radical (unpaired) electrons. The minimum absolute atomic E-state index is 0.0503. The highest BCUT2D eigenvalue weighted by atomic mass is 32.2. The molecule has 1 aromatic heterocycles. The van der Waals surface area contributed by atoms with Gasteiger partial charge in [0.25, 0.3) is 10.0 Å². The summed E-state index contributed by atoms with van der Waals surface area (Å²) in [4.78, 5) is 15.8. The Morgan fingerprint density at radius 3 is 2.56 bits per heavy atom. The summed E-state index contributed by atoms with van der Waals surface area (Å²) in [5.74, 6) is -0.858. The van der Waals surface area contributed by atoms with Crippen molar-refractivity contribution in [2.45, 2.75) is 31.1 Å². The second kappa shape index (κ2) is 7.98. The molecular formula is C17H21N3O4S. The SMILES string of the molecule is CCCCc1ccc(S(=O)(=O)Nc2ncc(N)cc2C(=O)OC)cc1. The summed E-state index contributed by atoms with van der Waals surface area (Å²) < 4.78 is 32.0. The topological polar surface area (TPSA) is 111 Å². The number of nitrogens with zero attached hydrogens (tertiary/aromatic N) is 1. The smallest absolute Gasteiger partial charge is 0.341 e. The van der Waals surface area contributed by atoms with Crippen molar-refractivity contribution in [1.82, 2.24) is 4.98 Å². The fraction of sp³-hybridized carbons (Fsp3) is 0.294. The second-order valence-corrected chi connectivity index (χ2v) is 7.19. The molecule has 0 unspecified atom stereocenters. The molecule has 0 amide bonds. The molecule has 0 atom stereocenters. The second-order valence-electron chi connectivity index (χ2n) is 5.51. The predicted octanol–water partition coefficient (Wildman–Crippen LogP) is 2.59. The molecule has 2 rings (SSSR count). The first-order valence-electron chi connectivity index (χ1n) is 7.83. The summed E-state index contributed by atoms with van der Waals surface area (Å²) in [6.07, 6.45) is 4.28. The van der Waals surface area contributed by atoms with E-state index in [0.717, 1.165) is 24.8 Å². The van der Waals surface area contributed by atoms with Crippen LogP contribution in [0.3, 0.4) is 0 Å². The van der Waals surface area contributed by atoms with Gasteiger partial charge in [-0.25, -0.2) is 18.2 Å². The van der Waals surface area contributed by atoms with Crippen molar-refractivity contribution in [3.63, 3.8) is 0 Å². The minimum atomic E-state index is -3.89. The van der Waals surface area contributed by atoms with E-state index in [1.54, 1.807) is 12.1 Å². The first-order chi connectivity index (χ1) is 11.9. The summed E-state index contributed by atoms with van der Waals surface area (Å²) in [5.41, 5.74) is 6.85. The maximum Gasteiger partial charge on any atom is 0.341 e. The van der Waals surface area contributed by atoms with Crippen LogP contribution in [0.4, 0.5) is 11.5 Å². The molecule has 0 aliphatic rings. The van der Waals surface area contributed by atoms with Crippen molar-refractivity contribution in [3.05, 3.63) is 47.7 Å². The number of aryl methyl sites for hydroxylation is 1. The van der Waals surface area contributed by atoms with Crippen LogP contribution in [0.1, 0.15) is 35.7 Å². The first-order valence-corrected chi connectivity index (χ1v) is 9.31. The lowest BCUT2D eigenvalue weighted by Crippen LogP contribution is -2.17. The molecule has 0 bridgehead atoms. The third kappa shape index (κ3) is 4.69. The molecule has 1 aromatic carbocycles. The number of nitrogens with one attached hydrogen (secondary N) is 1. The van der Waals surface area contributed by atoms with Gasteiger partial charge in [0.1, 0.15) is 5.56 Å². The van der Waals surface area contributed by atoms with Gasteiger partial charge in [0, 0.05) is 0 Å². The summed E-state index contributed by atoms with van der Waals surface area (Å²) in [7, 11) is -2.70. The van der Waals surface area contributed by atoms with E-state index >= 15 is 0 Å². The lowest BCUT2D eigenvalue weighted by molar-refractivity contribution is 0.0601. The van der Waals surface area contributed by atoms with E-state index in [1.165, 1.54) is 31.5 Å². The van der Waals surface area contributed by atoms with Gasteiger partial charge in [-0.3, -0.25) is 4.72 Å². The Morgan fingerprint density at radius 1 is 1.28 bits per heavy atom. The van der Waals surface area contributed by atoms with E-state index in [2.05, 4.69) is 21.4 Å². The highest BCUT2D eigenvalue weighted by molar-refractivity contribution is 7.92. The van der Waals surface area contributed by atoms with Crippen molar-refractivity contribution < 1.29 is 17.9 Å². The van der Waals surface area contributed by atoms with Crippen molar-refractivity contribution in [1.29, 1.82) is 0 Å². The molecule has 0 spiro atoms. The number of methoxy groups -OCH3 is 1. The van der Waals surface area contributed by atoms with Gasteiger partial charge < -0.3 is 10.5 Å². The molecule has 0 aliphatic heterocycles. The third-order valence-electron chi connectivity index (χ3n) is 3.60. The largest absolute Gasteiger partial charge is 0.465 e. The van der Waals surface area contributed by atoms with Gasteiger partial charge in [-0.15, -0.1) is 0 Å². The van der Waals surface area contributed by atoms with E-state index in [1.807, 2.05) is 0 Å². The fourth-order valence-electron chi connectivity index (χ4n) is 2.23. The van der Waals surface area contributed by atoms with Crippen molar-refractivity contribution in [2.75, 3.05) is 17.6 Å². The molecule has 3 N–H and O–H groups in total. The number of anilines is 2. The number of hydrogen-bond donors (Lipinski definition) is 2. The van der Waals surface area contributed by atoms with Gasteiger partial charge in [-0.1, -0.05) is 25.5 Å². The third-order valence-corrected chi connectivity index (χ3v) is 4.95. The number of nitrogen functional groups attached to an aromatic ring is 1. The molecule has 2 aromatic rings. The van der Waals surface area contributed by atoms with Gasteiger partial charge in [0.05, 0.1) is 23.9 Å². The van der Waals surface area contributed by atoms with E-state index in [4.69, 9.17) is 5.73 Å². The number of sulfonamides is 1. The van der Waals surface area contributed by atoms with E-state index < -0.39 is 16.0 Å². The van der Waals surface area contributed by atoms with Crippen LogP contribution in [-0.2, 0) is 21.2 Å². The molecule has 0 saturated heterocycles. The standard InChI is InChI=1S/C17H21N3O4S/c1-3-4-5-12-6-8-14(9-7-12)25(22,23)20-16-15(17(21)24-2)10-13(18)11-19-16/h6-11H,3-5,18H2,1-2H3,(H,19,20). The highest BCUT2D eigenvalue weighted by Gasteiger charge is 2.20. The number of benzene rings is 1. The Morgan fingerprint density at radius 2 is 1.96 bits per heavy atom. The van der Waals surface area contributed by atoms with Crippen LogP contribution < -0.4 is 10.5 Å². The Kier molecular flexibility index (Phi) is 5.97. The highest BCUT2D eigenvalue weighted by Crippen LogP contribution is 2.21. The zero-order chi connectivity index (χ0) is 18.4. The van der Waals surface area contributed by atoms with E-state index in [-0.39, 0.29) is 22.0 Å². The van der Waals surface area contributed by atoms with Gasteiger partial charge in [0.2, 0.25) is 0 Å². The summed E-state index contributed by atoms with van der Waals surface area (Å²) in [6, 6.07) is 7.93. The number of pyridine rings is 1. The number of unbranched alkanes of at least 4 members (excludes halogenated alkanes) is 1. The molecule has 134 valence electrons. The van der Waals surface area contributed by atoms with Crippen LogP contribution in [-0.4, -0.2) is 26.5 Å². The minimum Gasteiger partial charge on any atom is -0.465 e. The van der Waals surface area contributed by atoms with E-state index in [0.29, 0.717) is 0 Å². The van der Waals surface area contributed by atoms with E-state index in [9.17, 15) is 13.2 Å². The fourth-order valence-corrected chi connectivity index (χ4v) is 3.26. The van der Waals surface area contributed by atoms with Crippen LogP contribution >= 0.6 is 0 Å². The lowest BCUT2D eigenvalue weighted by atomic mass is 10.1. The summed E-state index contributed by atoms with van der Waals surface area (Å²) in [6.45, 7) is 2.10. The van der Waals surface area contributed by atoms with Crippen molar-refractivity contribution in [2.24, 2.45) is 0 Å². The Bertz CT molecular complexity index is 849. The summed E-state index contributed by atoms with van der Waals surface area (Å²) >= 11 is 0. The van der Waals surface area contributed by atoms with Crippen LogP contribution in [0, 0.1) is 0 Å². The molecule has 1 heterocycles. The lowest BCUT2D eigenvalue weighted by Gasteiger charge is -2.11. The van der Waals surface area contributed by atoms with Crippen LogP contribution in [0.2, 0.25) is 0 Å². The van der Waals surface area contributed by atoms with Gasteiger partial charge >= 0.3 is 5.97 Å². The zero-order valence-corrected chi connectivity index (χ0v) is 15.0. The number of aromatic nitrogens is 1. The molecular weight excluding hydrogens is 342 g/mol. The molecule has 25 heavy (non-hydrogen) atoms. The van der Waals surface area contributed by atoms with Crippen LogP contribution in [0.25, 0.3) is 0 Å². The molecule has 0 saturated carbocycles. The normalized spacial score (nSPS) is 11.1. The Labute approximate surface area is 147 Å². The van der Waals surface area contributed by atoms with Crippen molar-refractivity contribution >= 4 is 27.5 Å². The van der Waals surface area contributed by atoms with Crippen LogP contribution in [0.5, 0.6) is 0 Å². The number of nitrogens with two attached hydrogens (primary N) is 1. The average molecular weight is 363 g/mol. The Hall–Kier alpha value is -2.61. The van der Waals surface area contributed by atoms with Crippen molar-refractivity contribution in [3.8, 4) is 0 Å². The average Bonchev–Trinajstić information content (AvgIpc) is 2.61. The maximum atomic E-state index is 12.5. The molecule has 8 heteroatoms. The molecule has 7 nitrogen and oxygen atoms in total. The number of esters is 1. The number of ether oxygens (including phenoxy) is 1. The number of rotatable bonds is 7. The number of carbonyl (C=O) groups excluding carboxylic acids is 1. The Balaban J connectivity index is 2.28. The van der Waals surface area contributed by atoms with Gasteiger partial charge in [-0.05, 0) is 36.6 Å². The van der Waals surface area contributed by atoms with Gasteiger partial charge in [0.15, 0.2) is 5.82 Å².